The summed E-state index contributed by atoms with van der Waals surface area (Å²) < 4.78 is 16.5. The van der Waals surface area contributed by atoms with Crippen molar-refractivity contribution in [2.75, 3.05) is 19.7 Å². The number of morpholine rings is 1. The number of rotatable bonds is 4. The van der Waals surface area contributed by atoms with Gasteiger partial charge in [-0.3, -0.25) is 4.79 Å². The molecule has 0 radical (unpaired) electrons. The average Bonchev–Trinajstić information content (AvgIpc) is 3.01. The quantitative estimate of drug-likeness (QED) is 0.871. The van der Waals surface area contributed by atoms with E-state index in [1.165, 1.54) is 6.26 Å². The van der Waals surface area contributed by atoms with Crippen LogP contribution in [-0.4, -0.2) is 36.6 Å². The van der Waals surface area contributed by atoms with Crippen LogP contribution in [-0.2, 0) is 11.3 Å². The standard InChI is InChI=1S/C17H19NO4/c1-13-11-18(8-10-20-13)17(19)16-14(7-9-21-16)12-22-15-5-3-2-4-6-15/h2-7,9,13H,8,10-12H2,1H3. The summed E-state index contributed by atoms with van der Waals surface area (Å²) in [5, 5.41) is 0. The Morgan fingerprint density at radius 2 is 2.14 bits per heavy atom. The van der Waals surface area contributed by atoms with Crippen LogP contribution in [0.5, 0.6) is 5.75 Å². The lowest BCUT2D eigenvalue weighted by Gasteiger charge is -2.30. The minimum atomic E-state index is -0.105. The van der Waals surface area contributed by atoms with Crippen molar-refractivity contribution in [3.63, 3.8) is 0 Å². The second-order valence-electron chi connectivity index (χ2n) is 5.31. The number of ether oxygens (including phenoxy) is 2. The van der Waals surface area contributed by atoms with E-state index in [-0.39, 0.29) is 12.0 Å². The third kappa shape index (κ3) is 3.31. The highest BCUT2D eigenvalue weighted by molar-refractivity contribution is 5.93. The van der Waals surface area contributed by atoms with E-state index in [0.29, 0.717) is 32.1 Å². The summed E-state index contributed by atoms with van der Waals surface area (Å²) in [7, 11) is 0. The molecular formula is C17H19NO4. The predicted octanol–water partition coefficient (Wildman–Crippen LogP) is 2.72. The van der Waals surface area contributed by atoms with Gasteiger partial charge in [-0.05, 0) is 25.1 Å². The fraction of sp³-hybridized carbons (Fsp3) is 0.353. The van der Waals surface area contributed by atoms with Gasteiger partial charge in [-0.1, -0.05) is 18.2 Å². The van der Waals surface area contributed by atoms with Gasteiger partial charge in [0.1, 0.15) is 12.4 Å². The van der Waals surface area contributed by atoms with Crippen molar-refractivity contribution in [3.8, 4) is 5.75 Å². The zero-order valence-electron chi connectivity index (χ0n) is 12.5. The average molecular weight is 301 g/mol. The van der Waals surface area contributed by atoms with E-state index in [0.717, 1.165) is 11.3 Å². The number of hydrogen-bond acceptors (Lipinski definition) is 4. The third-order valence-corrected chi connectivity index (χ3v) is 3.61. The molecule has 5 nitrogen and oxygen atoms in total. The Labute approximate surface area is 129 Å². The smallest absolute Gasteiger partial charge is 0.290 e. The molecule has 1 aromatic heterocycles. The topological polar surface area (TPSA) is 51.9 Å². The van der Waals surface area contributed by atoms with Gasteiger partial charge in [0.25, 0.3) is 5.91 Å². The van der Waals surface area contributed by atoms with Crippen molar-refractivity contribution in [2.45, 2.75) is 19.6 Å². The first-order valence-electron chi connectivity index (χ1n) is 7.39. The van der Waals surface area contributed by atoms with Crippen molar-refractivity contribution < 1.29 is 18.7 Å². The van der Waals surface area contributed by atoms with Crippen LogP contribution in [0.15, 0.2) is 47.1 Å². The maximum atomic E-state index is 12.6. The van der Waals surface area contributed by atoms with Crippen LogP contribution >= 0.6 is 0 Å². The van der Waals surface area contributed by atoms with E-state index >= 15 is 0 Å². The summed E-state index contributed by atoms with van der Waals surface area (Å²) in [5.74, 6) is 1.01. The minimum absolute atomic E-state index is 0.0525. The number of nitrogens with zero attached hydrogens (tertiary/aromatic N) is 1. The molecular weight excluding hydrogens is 282 g/mol. The van der Waals surface area contributed by atoms with E-state index in [9.17, 15) is 4.79 Å². The highest BCUT2D eigenvalue weighted by atomic mass is 16.5. The van der Waals surface area contributed by atoms with Crippen molar-refractivity contribution in [1.29, 1.82) is 0 Å². The number of para-hydroxylation sites is 1. The number of furan rings is 1. The Bertz CT molecular complexity index is 623. The predicted molar refractivity (Wildman–Crippen MR) is 80.8 cm³/mol. The van der Waals surface area contributed by atoms with Crippen LogP contribution < -0.4 is 4.74 Å². The van der Waals surface area contributed by atoms with E-state index < -0.39 is 0 Å². The monoisotopic (exact) mass is 301 g/mol. The van der Waals surface area contributed by atoms with Crippen LogP contribution in [0.25, 0.3) is 0 Å². The maximum absolute atomic E-state index is 12.6. The molecule has 1 atom stereocenters. The molecule has 1 saturated heterocycles. The van der Waals surface area contributed by atoms with Gasteiger partial charge in [0.05, 0.1) is 19.0 Å². The van der Waals surface area contributed by atoms with Gasteiger partial charge in [-0.15, -0.1) is 0 Å². The van der Waals surface area contributed by atoms with Gasteiger partial charge in [0.15, 0.2) is 5.76 Å². The molecule has 0 N–H and O–H groups in total. The van der Waals surface area contributed by atoms with Crippen LogP contribution in [0.2, 0.25) is 0 Å². The molecule has 1 aliphatic rings. The Morgan fingerprint density at radius 1 is 1.32 bits per heavy atom. The Hall–Kier alpha value is -2.27. The van der Waals surface area contributed by atoms with Crippen LogP contribution in [0.4, 0.5) is 0 Å². The molecule has 0 aliphatic carbocycles. The Morgan fingerprint density at radius 3 is 2.91 bits per heavy atom. The van der Waals surface area contributed by atoms with Crippen LogP contribution in [0.1, 0.15) is 23.0 Å². The van der Waals surface area contributed by atoms with E-state index in [4.69, 9.17) is 13.9 Å². The Balaban J connectivity index is 1.67. The summed E-state index contributed by atoms with van der Waals surface area (Å²) in [5.41, 5.74) is 0.757. The SMILES string of the molecule is CC1CN(C(=O)c2occc2COc2ccccc2)CCO1. The van der Waals surface area contributed by atoms with Crippen molar-refractivity contribution in [1.82, 2.24) is 4.90 Å². The molecule has 1 aromatic carbocycles. The molecule has 0 saturated carbocycles. The molecule has 5 heteroatoms. The van der Waals surface area contributed by atoms with Crippen LogP contribution in [0, 0.1) is 0 Å². The molecule has 3 rings (SSSR count). The molecule has 1 amide bonds. The van der Waals surface area contributed by atoms with Gasteiger partial charge in [0.2, 0.25) is 0 Å². The molecule has 2 heterocycles. The summed E-state index contributed by atoms with van der Waals surface area (Å²) in [6.07, 6.45) is 1.58. The first-order chi connectivity index (χ1) is 10.7. The molecule has 1 aliphatic heterocycles. The molecule has 2 aromatic rings. The highest BCUT2D eigenvalue weighted by Crippen LogP contribution is 2.18. The lowest BCUT2D eigenvalue weighted by molar-refractivity contribution is -0.0136. The van der Waals surface area contributed by atoms with E-state index in [2.05, 4.69) is 0 Å². The summed E-state index contributed by atoms with van der Waals surface area (Å²) in [4.78, 5) is 14.3. The lowest BCUT2D eigenvalue weighted by Crippen LogP contribution is -2.44. The van der Waals surface area contributed by atoms with Gasteiger partial charge >= 0.3 is 0 Å². The van der Waals surface area contributed by atoms with E-state index in [1.807, 2.05) is 37.3 Å². The number of hydrogen-bond donors (Lipinski definition) is 0. The molecule has 1 fully saturated rings. The van der Waals surface area contributed by atoms with Gasteiger partial charge in [0, 0.05) is 18.7 Å². The third-order valence-electron chi connectivity index (χ3n) is 3.61. The molecule has 0 spiro atoms. The highest BCUT2D eigenvalue weighted by Gasteiger charge is 2.26. The molecule has 1 unspecified atom stereocenters. The summed E-state index contributed by atoms with van der Waals surface area (Å²) in [6, 6.07) is 11.3. The molecule has 22 heavy (non-hydrogen) atoms. The fourth-order valence-electron chi connectivity index (χ4n) is 2.46. The molecule has 0 bridgehead atoms. The largest absolute Gasteiger partial charge is 0.489 e. The zero-order valence-corrected chi connectivity index (χ0v) is 12.5. The Kier molecular flexibility index (Phi) is 4.44. The van der Waals surface area contributed by atoms with Crippen molar-refractivity contribution in [2.24, 2.45) is 0 Å². The van der Waals surface area contributed by atoms with Crippen molar-refractivity contribution >= 4 is 5.91 Å². The van der Waals surface area contributed by atoms with Gasteiger partial charge in [-0.2, -0.15) is 0 Å². The maximum Gasteiger partial charge on any atom is 0.290 e. The van der Waals surface area contributed by atoms with Gasteiger partial charge in [-0.25, -0.2) is 0 Å². The van der Waals surface area contributed by atoms with Crippen molar-refractivity contribution in [3.05, 3.63) is 54.0 Å². The van der Waals surface area contributed by atoms with E-state index in [1.54, 1.807) is 11.0 Å². The number of amides is 1. The fourth-order valence-corrected chi connectivity index (χ4v) is 2.46. The minimum Gasteiger partial charge on any atom is -0.489 e. The lowest BCUT2D eigenvalue weighted by atomic mass is 10.2. The molecule has 116 valence electrons. The number of carbonyl (C=O) groups is 1. The number of benzene rings is 1. The summed E-state index contributed by atoms with van der Waals surface area (Å²) in [6.45, 7) is 3.99. The second kappa shape index (κ2) is 6.66. The first kappa shape index (κ1) is 14.7. The first-order valence-corrected chi connectivity index (χ1v) is 7.39. The zero-order chi connectivity index (χ0) is 15.4. The summed E-state index contributed by atoms with van der Waals surface area (Å²) >= 11 is 0. The normalized spacial score (nSPS) is 18.2. The van der Waals surface area contributed by atoms with Crippen LogP contribution in [0.3, 0.4) is 0 Å². The van der Waals surface area contributed by atoms with Gasteiger partial charge < -0.3 is 18.8 Å². The number of carbonyl (C=O) groups excluding carboxylic acids is 1. The second-order valence-corrected chi connectivity index (χ2v) is 5.31.